The second-order valence-corrected chi connectivity index (χ2v) is 12.1. The van der Waals surface area contributed by atoms with Gasteiger partial charge in [-0.05, 0) is 59.6 Å². The number of halogens is 1. The van der Waals surface area contributed by atoms with Gasteiger partial charge < -0.3 is 15.0 Å². The van der Waals surface area contributed by atoms with Gasteiger partial charge >= 0.3 is 6.09 Å². The highest BCUT2D eigenvalue weighted by Crippen LogP contribution is 2.39. The highest BCUT2D eigenvalue weighted by atomic mass is 35.5. The number of alkyl carbamates (subject to hydrolysis) is 1. The van der Waals surface area contributed by atoms with E-state index in [1.54, 1.807) is 23.7 Å². The molecule has 0 bridgehead atoms. The van der Waals surface area contributed by atoms with Gasteiger partial charge in [0.15, 0.2) is 0 Å². The molecule has 0 atom stereocenters. The Hall–Kier alpha value is -2.10. The van der Waals surface area contributed by atoms with Crippen LogP contribution in [-0.2, 0) is 4.74 Å². The first kappa shape index (κ1) is 24.0. The van der Waals surface area contributed by atoms with Gasteiger partial charge in [-0.2, -0.15) is 0 Å². The average molecular weight is 506 g/mol. The average Bonchev–Trinajstić information content (AvgIpc) is 3.11. The zero-order valence-electron chi connectivity index (χ0n) is 19.4. The Morgan fingerprint density at radius 2 is 1.97 bits per heavy atom. The zero-order chi connectivity index (χ0) is 23.8. The molecule has 0 aliphatic carbocycles. The molecule has 0 spiro atoms. The van der Waals surface area contributed by atoms with Crippen LogP contribution in [0.3, 0.4) is 0 Å². The molecular weight excluding hydrogens is 478 g/mol. The van der Waals surface area contributed by atoms with Crippen molar-refractivity contribution in [2.75, 3.05) is 18.0 Å². The zero-order valence-corrected chi connectivity index (χ0v) is 21.8. The first-order valence-corrected chi connectivity index (χ1v) is 12.8. The van der Waals surface area contributed by atoms with Crippen molar-refractivity contribution in [1.29, 1.82) is 0 Å². The van der Waals surface area contributed by atoms with Crippen LogP contribution in [0.15, 0.2) is 34.4 Å². The van der Waals surface area contributed by atoms with Crippen LogP contribution in [0.1, 0.15) is 45.5 Å². The summed E-state index contributed by atoms with van der Waals surface area (Å²) in [5.41, 5.74) is 0.116. The molecule has 33 heavy (non-hydrogen) atoms. The highest BCUT2D eigenvalue weighted by molar-refractivity contribution is 7.99. The van der Waals surface area contributed by atoms with E-state index in [1.807, 2.05) is 39.8 Å². The normalized spacial score (nSPS) is 16.1. The van der Waals surface area contributed by atoms with E-state index < -0.39 is 5.60 Å². The minimum absolute atomic E-state index is 0.299. The number of nitrogens with zero attached hydrogens (tertiary/aromatic N) is 4. The molecule has 1 amide bonds. The Labute approximate surface area is 207 Å². The molecule has 1 aromatic carbocycles. The number of fused-ring (bicyclic) bond motifs is 1. The quantitative estimate of drug-likeness (QED) is 0.460. The lowest BCUT2D eigenvalue weighted by molar-refractivity contribution is 0.0448. The van der Waals surface area contributed by atoms with Crippen molar-refractivity contribution >= 4 is 56.8 Å². The molecular formula is C23H28ClN5O2S2. The number of hydrogen-bond acceptors (Lipinski definition) is 8. The third kappa shape index (κ3) is 5.88. The maximum Gasteiger partial charge on any atom is 0.408 e. The predicted octanol–water partition coefficient (Wildman–Crippen LogP) is 6.08. The van der Waals surface area contributed by atoms with Gasteiger partial charge in [-0.15, -0.1) is 11.3 Å². The number of piperidine rings is 1. The number of carbonyl (C=O) groups is 1. The van der Waals surface area contributed by atoms with Crippen LogP contribution in [0.25, 0.3) is 10.2 Å². The van der Waals surface area contributed by atoms with Crippen molar-refractivity contribution in [1.82, 2.24) is 20.3 Å². The molecule has 1 N–H and O–H groups in total. The van der Waals surface area contributed by atoms with Crippen molar-refractivity contribution in [2.45, 2.75) is 68.5 Å². The summed E-state index contributed by atoms with van der Waals surface area (Å²) in [5, 5.41) is 5.53. The van der Waals surface area contributed by atoms with Gasteiger partial charge in [-0.1, -0.05) is 23.4 Å². The number of carbonyl (C=O) groups excluding carboxylic acids is 1. The van der Waals surface area contributed by atoms with Crippen molar-refractivity contribution < 1.29 is 9.53 Å². The molecule has 7 nitrogen and oxygen atoms in total. The molecule has 4 rings (SSSR count). The lowest BCUT2D eigenvalue weighted by Gasteiger charge is -2.40. The summed E-state index contributed by atoms with van der Waals surface area (Å²) >= 11 is 9.71. The first-order valence-electron chi connectivity index (χ1n) is 10.8. The van der Waals surface area contributed by atoms with E-state index in [-0.39, 0.29) is 11.6 Å². The van der Waals surface area contributed by atoms with E-state index in [4.69, 9.17) is 16.3 Å². The molecule has 0 saturated carbocycles. The largest absolute Gasteiger partial charge is 0.444 e. The number of amides is 1. The van der Waals surface area contributed by atoms with Crippen molar-refractivity contribution in [3.8, 4) is 0 Å². The lowest BCUT2D eigenvalue weighted by Crippen LogP contribution is -2.54. The van der Waals surface area contributed by atoms with E-state index >= 15 is 0 Å². The van der Waals surface area contributed by atoms with E-state index in [1.165, 1.54) is 11.8 Å². The number of thiazole rings is 1. The molecule has 1 aliphatic heterocycles. The van der Waals surface area contributed by atoms with Gasteiger partial charge in [0.25, 0.3) is 0 Å². The number of anilines is 1. The molecule has 1 fully saturated rings. The van der Waals surface area contributed by atoms with E-state index in [0.717, 1.165) is 56.9 Å². The van der Waals surface area contributed by atoms with E-state index in [0.29, 0.717) is 5.02 Å². The van der Waals surface area contributed by atoms with Crippen LogP contribution in [0.5, 0.6) is 0 Å². The number of hydrogen-bond donors (Lipinski definition) is 1. The number of benzene rings is 1. The predicted molar refractivity (Wildman–Crippen MR) is 135 cm³/mol. The number of aromatic nitrogens is 3. The fourth-order valence-electron chi connectivity index (χ4n) is 3.67. The summed E-state index contributed by atoms with van der Waals surface area (Å²) in [6.45, 7) is 11.2. The van der Waals surface area contributed by atoms with E-state index in [9.17, 15) is 4.79 Å². The van der Waals surface area contributed by atoms with Crippen LogP contribution in [0.2, 0.25) is 5.02 Å². The number of aryl methyl sites for hydroxylation is 1. The third-order valence-electron chi connectivity index (χ3n) is 5.39. The second-order valence-electron chi connectivity index (χ2n) is 9.45. The summed E-state index contributed by atoms with van der Waals surface area (Å²) in [5.74, 6) is 0.832. The van der Waals surface area contributed by atoms with Crippen LogP contribution >= 0.6 is 34.7 Å². The van der Waals surface area contributed by atoms with E-state index in [2.05, 4.69) is 32.1 Å². The first-order chi connectivity index (χ1) is 15.5. The molecule has 1 saturated heterocycles. The minimum Gasteiger partial charge on any atom is -0.444 e. The summed E-state index contributed by atoms with van der Waals surface area (Å²) in [6, 6.07) is 3.97. The Morgan fingerprint density at radius 1 is 1.24 bits per heavy atom. The van der Waals surface area contributed by atoms with Crippen LogP contribution in [0.4, 0.5) is 10.6 Å². The number of rotatable bonds is 4. The standard InChI is InChI=1S/C23H28ClN5O2S2/c1-14-27-15-6-7-16(19(24)20(15)32-14)33-18-13-25-17(12-26-18)29-10-8-23(5,9-11-29)28-21(30)31-22(2,3)4/h6-7,12-13H,8-11H2,1-5H3,(H,28,30). The van der Waals surface area contributed by atoms with Crippen molar-refractivity contribution in [3.63, 3.8) is 0 Å². The Balaban J connectivity index is 1.36. The Kier molecular flexibility index (Phi) is 6.75. The molecule has 2 aromatic heterocycles. The summed E-state index contributed by atoms with van der Waals surface area (Å²) in [6.07, 6.45) is 4.81. The Bertz CT molecular complexity index is 1150. The van der Waals surface area contributed by atoms with Gasteiger partial charge in [0.2, 0.25) is 0 Å². The van der Waals surface area contributed by atoms with Crippen molar-refractivity contribution in [3.05, 3.63) is 34.6 Å². The monoisotopic (exact) mass is 505 g/mol. The maximum atomic E-state index is 12.2. The number of ether oxygens (including phenoxy) is 1. The van der Waals surface area contributed by atoms with Gasteiger partial charge in [0.1, 0.15) is 16.4 Å². The van der Waals surface area contributed by atoms with Crippen LogP contribution < -0.4 is 10.2 Å². The number of nitrogens with one attached hydrogen (secondary N) is 1. The van der Waals surface area contributed by atoms with Crippen LogP contribution in [0, 0.1) is 6.92 Å². The van der Waals surface area contributed by atoms with Gasteiger partial charge in [0, 0.05) is 23.5 Å². The van der Waals surface area contributed by atoms with Gasteiger partial charge in [0.05, 0.1) is 32.6 Å². The molecule has 3 aromatic rings. The van der Waals surface area contributed by atoms with Gasteiger partial charge in [-0.3, -0.25) is 0 Å². The fraction of sp³-hybridized carbons (Fsp3) is 0.478. The molecule has 0 radical (unpaired) electrons. The summed E-state index contributed by atoms with van der Waals surface area (Å²) in [7, 11) is 0. The lowest BCUT2D eigenvalue weighted by atomic mass is 9.90. The SMILES string of the molecule is Cc1nc2ccc(Sc3cnc(N4CCC(C)(NC(=O)OC(C)(C)C)CC4)cn3)c(Cl)c2s1. The Morgan fingerprint density at radius 3 is 2.61 bits per heavy atom. The van der Waals surface area contributed by atoms with Crippen LogP contribution in [-0.4, -0.2) is 45.3 Å². The second kappa shape index (κ2) is 9.27. The highest BCUT2D eigenvalue weighted by Gasteiger charge is 2.33. The summed E-state index contributed by atoms with van der Waals surface area (Å²) < 4.78 is 6.41. The summed E-state index contributed by atoms with van der Waals surface area (Å²) in [4.78, 5) is 29.0. The maximum absolute atomic E-state index is 12.2. The molecule has 176 valence electrons. The molecule has 1 aliphatic rings. The fourth-order valence-corrected chi connectivity index (χ4v) is 5.75. The van der Waals surface area contributed by atoms with Crippen molar-refractivity contribution in [2.24, 2.45) is 0 Å². The smallest absolute Gasteiger partial charge is 0.408 e. The third-order valence-corrected chi connectivity index (χ3v) is 7.99. The molecule has 3 heterocycles. The van der Waals surface area contributed by atoms with Gasteiger partial charge in [-0.25, -0.2) is 19.7 Å². The molecule has 0 unspecified atom stereocenters. The molecule has 10 heteroatoms. The topological polar surface area (TPSA) is 80.2 Å². The minimum atomic E-state index is -0.508.